The summed E-state index contributed by atoms with van der Waals surface area (Å²) in [6, 6.07) is 16.7. The Labute approximate surface area is 167 Å². The monoisotopic (exact) mass is 392 g/mol. The molecule has 0 unspecified atom stereocenters. The Hall–Kier alpha value is -3.68. The fraction of sp³-hybridized carbons (Fsp3) is 0.238. The number of aryl methyl sites for hydroxylation is 1. The van der Waals surface area contributed by atoms with E-state index in [1.807, 2.05) is 54.6 Å². The van der Waals surface area contributed by atoms with Crippen LogP contribution in [0.2, 0.25) is 0 Å². The fourth-order valence-corrected chi connectivity index (χ4v) is 3.73. The van der Waals surface area contributed by atoms with Gasteiger partial charge in [-0.25, -0.2) is 0 Å². The van der Waals surface area contributed by atoms with E-state index in [1.165, 1.54) is 4.68 Å². The lowest BCUT2D eigenvalue weighted by atomic mass is 10.0. The van der Waals surface area contributed by atoms with Crippen LogP contribution in [0.15, 0.2) is 54.6 Å². The number of para-hydroxylation sites is 2. The van der Waals surface area contributed by atoms with Gasteiger partial charge in [-0.05, 0) is 31.5 Å². The van der Waals surface area contributed by atoms with Gasteiger partial charge in [0.05, 0.1) is 16.7 Å². The van der Waals surface area contributed by atoms with Gasteiger partial charge in [-0.15, -0.1) is 0 Å². The summed E-state index contributed by atoms with van der Waals surface area (Å²) in [4.78, 5) is 25.9. The van der Waals surface area contributed by atoms with E-state index in [9.17, 15) is 14.9 Å². The van der Waals surface area contributed by atoms with Crippen LogP contribution in [0, 0.1) is 24.0 Å². The molecule has 2 aromatic carbocycles. The first-order valence-electron chi connectivity index (χ1n) is 9.24. The molecular formula is C21H20N4O4. The molecule has 3 aromatic rings. The SMILES string of the molecule is Cc1nn(CC(=O)N2c3ccccc3OC[C@@H]2c2ccccc2)c(C)c1[N+](=O)[O-]. The Morgan fingerprint density at radius 1 is 1.17 bits per heavy atom. The third kappa shape index (κ3) is 3.33. The van der Waals surface area contributed by atoms with E-state index in [4.69, 9.17) is 4.74 Å². The second kappa shape index (κ2) is 7.38. The number of amides is 1. The van der Waals surface area contributed by atoms with E-state index < -0.39 is 4.92 Å². The standard InChI is InChI=1S/C21H20N4O4/c1-14-21(25(27)28)15(2)23(22-14)12-20(26)24-17-10-6-7-11-19(17)29-13-18(24)16-8-4-3-5-9-16/h3-11,18H,12-13H2,1-2H3/t18-/m1/s1. The molecule has 0 bridgehead atoms. The Kier molecular flexibility index (Phi) is 4.75. The number of hydrogen-bond donors (Lipinski definition) is 0. The highest BCUT2D eigenvalue weighted by molar-refractivity contribution is 5.96. The number of carbonyl (C=O) groups is 1. The van der Waals surface area contributed by atoms with Crippen molar-refractivity contribution in [2.24, 2.45) is 0 Å². The summed E-state index contributed by atoms with van der Waals surface area (Å²) in [5.74, 6) is 0.419. The van der Waals surface area contributed by atoms with Crippen molar-refractivity contribution in [1.29, 1.82) is 0 Å². The van der Waals surface area contributed by atoms with E-state index >= 15 is 0 Å². The smallest absolute Gasteiger partial charge is 0.312 e. The van der Waals surface area contributed by atoms with Crippen LogP contribution in [0.3, 0.4) is 0 Å². The van der Waals surface area contributed by atoms with Gasteiger partial charge >= 0.3 is 5.69 Å². The van der Waals surface area contributed by atoms with Gasteiger partial charge in [0.25, 0.3) is 0 Å². The molecule has 29 heavy (non-hydrogen) atoms. The number of hydrogen-bond acceptors (Lipinski definition) is 5. The molecule has 2 heterocycles. The highest BCUT2D eigenvalue weighted by Gasteiger charge is 2.34. The van der Waals surface area contributed by atoms with E-state index in [0.717, 1.165) is 5.56 Å². The van der Waals surface area contributed by atoms with Gasteiger partial charge in [0.15, 0.2) is 0 Å². The van der Waals surface area contributed by atoms with Gasteiger partial charge in [-0.2, -0.15) is 5.10 Å². The third-order valence-electron chi connectivity index (χ3n) is 5.10. The van der Waals surface area contributed by atoms with Crippen molar-refractivity contribution in [3.63, 3.8) is 0 Å². The Morgan fingerprint density at radius 2 is 1.86 bits per heavy atom. The molecule has 0 spiro atoms. The summed E-state index contributed by atoms with van der Waals surface area (Å²) in [6.07, 6.45) is 0. The van der Waals surface area contributed by atoms with E-state index in [0.29, 0.717) is 29.4 Å². The molecule has 0 saturated heterocycles. The Morgan fingerprint density at radius 3 is 2.55 bits per heavy atom. The summed E-state index contributed by atoms with van der Waals surface area (Å²) in [5, 5.41) is 15.5. The summed E-state index contributed by atoms with van der Waals surface area (Å²) < 4.78 is 7.29. The second-order valence-corrected chi connectivity index (χ2v) is 6.90. The number of benzene rings is 2. The first kappa shape index (κ1) is 18.7. The minimum atomic E-state index is -0.463. The number of fused-ring (bicyclic) bond motifs is 1. The maximum absolute atomic E-state index is 13.4. The lowest BCUT2D eigenvalue weighted by Gasteiger charge is -2.37. The van der Waals surface area contributed by atoms with Crippen molar-refractivity contribution in [3.8, 4) is 5.75 Å². The predicted octanol–water partition coefficient (Wildman–Crippen LogP) is 3.58. The van der Waals surface area contributed by atoms with Crippen molar-refractivity contribution in [2.45, 2.75) is 26.4 Å². The van der Waals surface area contributed by atoms with Crippen LogP contribution < -0.4 is 9.64 Å². The molecule has 0 N–H and O–H groups in total. The van der Waals surface area contributed by atoms with Crippen molar-refractivity contribution in [3.05, 3.63) is 81.7 Å². The molecule has 0 saturated carbocycles. The molecule has 1 aromatic heterocycles. The van der Waals surface area contributed by atoms with E-state index in [2.05, 4.69) is 5.10 Å². The zero-order valence-electron chi connectivity index (χ0n) is 16.1. The minimum Gasteiger partial charge on any atom is -0.489 e. The molecule has 148 valence electrons. The number of carbonyl (C=O) groups excluding carboxylic acids is 1. The Balaban J connectivity index is 1.72. The van der Waals surface area contributed by atoms with Gasteiger partial charge in [0, 0.05) is 0 Å². The molecule has 1 aliphatic heterocycles. The van der Waals surface area contributed by atoms with Crippen LogP contribution in [0.4, 0.5) is 11.4 Å². The zero-order valence-corrected chi connectivity index (χ0v) is 16.1. The molecule has 0 radical (unpaired) electrons. The van der Waals surface area contributed by atoms with Crippen molar-refractivity contribution < 1.29 is 14.5 Å². The topological polar surface area (TPSA) is 90.5 Å². The summed E-state index contributed by atoms with van der Waals surface area (Å²) in [7, 11) is 0. The quantitative estimate of drug-likeness (QED) is 0.500. The second-order valence-electron chi connectivity index (χ2n) is 6.90. The van der Waals surface area contributed by atoms with Crippen LogP contribution in [0.5, 0.6) is 5.75 Å². The average molecular weight is 392 g/mol. The van der Waals surface area contributed by atoms with E-state index in [1.54, 1.807) is 18.7 Å². The van der Waals surface area contributed by atoms with Crippen molar-refractivity contribution >= 4 is 17.3 Å². The molecule has 8 nitrogen and oxygen atoms in total. The lowest BCUT2D eigenvalue weighted by Crippen LogP contribution is -2.42. The number of anilines is 1. The van der Waals surface area contributed by atoms with Crippen LogP contribution in [0.1, 0.15) is 23.0 Å². The third-order valence-corrected chi connectivity index (χ3v) is 5.10. The number of ether oxygens (including phenoxy) is 1. The zero-order chi connectivity index (χ0) is 20.5. The predicted molar refractivity (Wildman–Crippen MR) is 107 cm³/mol. The van der Waals surface area contributed by atoms with Crippen LogP contribution in [0.25, 0.3) is 0 Å². The van der Waals surface area contributed by atoms with Gasteiger partial charge < -0.3 is 4.74 Å². The highest BCUT2D eigenvalue weighted by Crippen LogP contribution is 2.39. The maximum Gasteiger partial charge on any atom is 0.312 e. The van der Waals surface area contributed by atoms with Crippen molar-refractivity contribution in [2.75, 3.05) is 11.5 Å². The van der Waals surface area contributed by atoms with Gasteiger partial charge in [-0.3, -0.25) is 24.5 Å². The van der Waals surface area contributed by atoms with Crippen molar-refractivity contribution in [1.82, 2.24) is 9.78 Å². The number of rotatable bonds is 4. The van der Waals surface area contributed by atoms with Crippen LogP contribution in [-0.2, 0) is 11.3 Å². The lowest BCUT2D eigenvalue weighted by molar-refractivity contribution is -0.386. The first-order chi connectivity index (χ1) is 14.0. The van der Waals surface area contributed by atoms with Gasteiger partial charge in [0.2, 0.25) is 5.91 Å². The highest BCUT2D eigenvalue weighted by atomic mass is 16.6. The maximum atomic E-state index is 13.4. The summed E-state index contributed by atoms with van der Waals surface area (Å²) >= 11 is 0. The van der Waals surface area contributed by atoms with Gasteiger partial charge in [0.1, 0.15) is 30.3 Å². The molecule has 1 aliphatic rings. The molecule has 4 rings (SSSR count). The fourth-order valence-electron chi connectivity index (χ4n) is 3.73. The molecule has 0 aliphatic carbocycles. The molecule has 8 heteroatoms. The normalized spacial score (nSPS) is 15.5. The minimum absolute atomic E-state index is 0.0558. The first-order valence-corrected chi connectivity index (χ1v) is 9.24. The van der Waals surface area contributed by atoms with Crippen LogP contribution in [-0.4, -0.2) is 27.2 Å². The molecule has 0 fully saturated rings. The van der Waals surface area contributed by atoms with Crippen LogP contribution >= 0.6 is 0 Å². The molecule has 1 atom stereocenters. The van der Waals surface area contributed by atoms with E-state index in [-0.39, 0.29) is 24.2 Å². The summed E-state index contributed by atoms with van der Waals surface area (Å²) in [6.45, 7) is 3.40. The average Bonchev–Trinajstić information content (AvgIpc) is 3.00. The largest absolute Gasteiger partial charge is 0.489 e. The van der Waals surface area contributed by atoms with Gasteiger partial charge in [-0.1, -0.05) is 42.5 Å². The molecular weight excluding hydrogens is 372 g/mol. The summed E-state index contributed by atoms with van der Waals surface area (Å²) in [5.41, 5.74) is 2.23. The number of nitrogens with zero attached hydrogens (tertiary/aromatic N) is 4. The number of nitro groups is 1. The Bertz CT molecular complexity index is 1080. The molecule has 1 amide bonds. The number of aromatic nitrogens is 2.